The van der Waals surface area contributed by atoms with Crippen LogP contribution in [0.1, 0.15) is 329 Å². The molecule has 25 heteroatoms. The number of hydrogen-bond acceptors (Lipinski definition) is 23. The third kappa shape index (κ3) is 40.1. The molecule has 2 aliphatic heterocycles. The average Bonchev–Trinajstić information content (AvgIpc) is 0.761. The minimum absolute atomic E-state index is 0.0339. The molecule has 0 bridgehead atoms. The normalized spacial score (nSPS) is 27.4. The Morgan fingerprint density at radius 2 is 0.693 bits per heavy atom. The van der Waals surface area contributed by atoms with E-state index in [2.05, 4.69) is 27.7 Å². The summed E-state index contributed by atoms with van der Waals surface area (Å²) in [7, 11) is -5.70. The number of esters is 3. The first-order valence-corrected chi connectivity index (χ1v) is 41.7. The molecule has 11 N–H and O–H groups in total. The van der Waals surface area contributed by atoms with Crippen LogP contribution >= 0.6 is 7.82 Å². The van der Waals surface area contributed by atoms with Gasteiger partial charge in [-0.15, -0.1) is 0 Å². The molecular weight excluding hydrogens is 1330 g/mol. The van der Waals surface area contributed by atoms with Crippen molar-refractivity contribution in [2.24, 2.45) is 5.92 Å². The summed E-state index contributed by atoms with van der Waals surface area (Å²) >= 11 is 0. The predicted octanol–water partition coefficient (Wildman–Crippen LogP) is 12.0. The van der Waals surface area contributed by atoms with Crippen molar-refractivity contribution < 1.29 is 117 Å². The minimum atomic E-state index is -5.70. The molecule has 0 aromatic heterocycles. The van der Waals surface area contributed by atoms with Crippen LogP contribution in [-0.2, 0) is 61.2 Å². The summed E-state index contributed by atoms with van der Waals surface area (Å²) in [6.45, 7) is 5.81. The van der Waals surface area contributed by atoms with Gasteiger partial charge in [0.1, 0.15) is 98.7 Å². The summed E-state index contributed by atoms with van der Waals surface area (Å²) in [5.41, 5.74) is 0. The fourth-order valence-corrected chi connectivity index (χ4v) is 14.6. The van der Waals surface area contributed by atoms with Gasteiger partial charge in [-0.2, -0.15) is 0 Å². The summed E-state index contributed by atoms with van der Waals surface area (Å²) < 4.78 is 65.2. The molecule has 2 saturated heterocycles. The van der Waals surface area contributed by atoms with Crippen molar-refractivity contribution >= 4 is 25.7 Å². The van der Waals surface area contributed by atoms with Gasteiger partial charge in [-0.1, -0.05) is 291 Å². The predicted molar refractivity (Wildman–Crippen MR) is 384 cm³/mol. The number of phosphoric acid groups is 1. The molecule has 596 valence electrons. The lowest BCUT2D eigenvalue weighted by Gasteiger charge is -2.49. The number of phosphoric ester groups is 1. The van der Waals surface area contributed by atoms with Crippen molar-refractivity contribution in [2.45, 2.75) is 434 Å². The smallest absolute Gasteiger partial charge is 0.463 e. The van der Waals surface area contributed by atoms with Gasteiger partial charge in [-0.05, 0) is 25.2 Å². The lowest BCUT2D eigenvalue weighted by Crippen LogP contribution is -2.69. The highest BCUT2D eigenvalue weighted by molar-refractivity contribution is 7.47. The van der Waals surface area contributed by atoms with Crippen molar-refractivity contribution in [3.8, 4) is 0 Å². The summed E-state index contributed by atoms with van der Waals surface area (Å²) in [5.74, 6) is -1.29. The zero-order valence-electron chi connectivity index (χ0n) is 62.6. The van der Waals surface area contributed by atoms with Crippen LogP contribution in [0.25, 0.3) is 0 Å². The van der Waals surface area contributed by atoms with Gasteiger partial charge in [0.05, 0.1) is 13.2 Å². The minimum Gasteiger partial charge on any atom is -0.463 e. The van der Waals surface area contributed by atoms with Crippen molar-refractivity contribution in [2.75, 3.05) is 26.4 Å². The van der Waals surface area contributed by atoms with Gasteiger partial charge in [0.15, 0.2) is 18.7 Å². The average molecular weight is 1470 g/mol. The maximum absolute atomic E-state index is 14.4. The zero-order chi connectivity index (χ0) is 74.1. The van der Waals surface area contributed by atoms with Gasteiger partial charge < -0.3 is 89.1 Å². The summed E-state index contributed by atoms with van der Waals surface area (Å²) in [4.78, 5) is 51.2. The first-order chi connectivity index (χ1) is 48.7. The van der Waals surface area contributed by atoms with Crippen molar-refractivity contribution in [3.05, 3.63) is 0 Å². The molecule has 0 aromatic rings. The number of ether oxygens (including phenoxy) is 7. The van der Waals surface area contributed by atoms with Gasteiger partial charge in [0.2, 0.25) is 0 Å². The molecule has 19 atom stereocenters. The molecule has 19 unspecified atom stereocenters. The van der Waals surface area contributed by atoms with E-state index in [9.17, 15) is 74.9 Å². The van der Waals surface area contributed by atoms with E-state index in [-0.39, 0.29) is 19.3 Å². The third-order valence-electron chi connectivity index (χ3n) is 20.3. The summed E-state index contributed by atoms with van der Waals surface area (Å²) in [6.07, 6.45) is 14.4. The van der Waals surface area contributed by atoms with Gasteiger partial charge in [-0.3, -0.25) is 23.4 Å². The number of aliphatic hydroxyl groups is 10. The summed E-state index contributed by atoms with van der Waals surface area (Å²) in [6, 6.07) is 0. The molecule has 1 aliphatic carbocycles. The van der Waals surface area contributed by atoms with Crippen LogP contribution < -0.4 is 0 Å². The maximum Gasteiger partial charge on any atom is 0.472 e. The van der Waals surface area contributed by atoms with Crippen LogP contribution in [0.5, 0.6) is 0 Å². The molecule has 0 amide bonds. The molecule has 0 aromatic carbocycles. The second kappa shape index (κ2) is 57.1. The Bertz CT molecular complexity index is 2100. The Kier molecular flexibility index (Phi) is 52.7. The topological polar surface area (TPSA) is 374 Å². The number of rotatable bonds is 63. The Morgan fingerprint density at radius 3 is 1.07 bits per heavy atom. The van der Waals surface area contributed by atoms with Gasteiger partial charge in [0, 0.05) is 19.3 Å². The van der Waals surface area contributed by atoms with Gasteiger partial charge in [0.25, 0.3) is 0 Å². The SMILES string of the molecule is CCCCCCCCCCCCCCCCCCCC(=O)OCC1OC(OC2C(O)C(O)C(O)C(OC3OC(CO)C(O)C(O)C3O)C2OP(=O)(O)OCC(COC(=O)CCCCCCCCCCCCCCC)OC(=O)CCCCCCCCC(C)CCCCCCCC)C(O)C(O)C1O. The Balaban J connectivity index is 1.71. The first kappa shape index (κ1) is 93.2. The first-order valence-electron chi connectivity index (χ1n) is 40.2. The Morgan fingerprint density at radius 1 is 0.376 bits per heavy atom. The zero-order valence-corrected chi connectivity index (χ0v) is 63.5. The lowest BCUT2D eigenvalue weighted by atomic mass is 9.84. The van der Waals surface area contributed by atoms with Crippen LogP contribution in [-0.4, -0.2) is 204 Å². The standard InChI is InChI=1S/C76H143O24P/c1-5-8-11-14-17-19-21-23-24-25-26-28-30-32-34-40-45-50-61(79)93-55-59-64(82)66(84)71(89)76(97-59)99-73-69(87)67(85)68(86)72(98-75-70(88)65(83)63(81)58(52-77)96-75)74(73)100-101(90,91)94-54-57(53-92-60(78)49-44-39-33-31-29-27-22-20-18-15-12-9-6-2)95-62(80)51-46-41-36-35-38-43-48-56(4)47-42-37-16-13-10-7-3/h56-59,63-77,81-89H,5-55H2,1-4H3,(H,90,91). The van der Waals surface area contributed by atoms with E-state index in [4.69, 9.17) is 42.2 Å². The van der Waals surface area contributed by atoms with E-state index in [0.717, 1.165) is 89.9 Å². The van der Waals surface area contributed by atoms with Crippen LogP contribution in [0, 0.1) is 5.92 Å². The van der Waals surface area contributed by atoms with E-state index in [1.807, 2.05) is 0 Å². The molecule has 3 aliphatic rings. The fourth-order valence-electron chi connectivity index (χ4n) is 13.7. The molecule has 101 heavy (non-hydrogen) atoms. The Hall–Kier alpha value is -2.04. The largest absolute Gasteiger partial charge is 0.472 e. The van der Waals surface area contributed by atoms with Gasteiger partial charge in [-0.25, -0.2) is 4.57 Å². The maximum atomic E-state index is 14.4. The fraction of sp³-hybridized carbons (Fsp3) is 0.961. The van der Waals surface area contributed by atoms with Gasteiger partial charge >= 0.3 is 25.7 Å². The van der Waals surface area contributed by atoms with E-state index in [1.165, 1.54) is 173 Å². The molecule has 1 saturated carbocycles. The van der Waals surface area contributed by atoms with E-state index in [0.29, 0.717) is 25.2 Å². The summed E-state index contributed by atoms with van der Waals surface area (Å²) in [5, 5.41) is 110. The Labute approximate surface area is 606 Å². The van der Waals surface area contributed by atoms with Crippen molar-refractivity contribution in [3.63, 3.8) is 0 Å². The molecule has 0 radical (unpaired) electrons. The monoisotopic (exact) mass is 1470 g/mol. The van der Waals surface area contributed by atoms with Crippen LogP contribution in [0.15, 0.2) is 0 Å². The highest BCUT2D eigenvalue weighted by Gasteiger charge is 2.58. The molecule has 0 spiro atoms. The molecule has 3 fully saturated rings. The van der Waals surface area contributed by atoms with E-state index < -0.39 is 156 Å². The van der Waals surface area contributed by atoms with Crippen LogP contribution in [0.2, 0.25) is 0 Å². The highest BCUT2D eigenvalue weighted by Crippen LogP contribution is 2.49. The molecule has 2 heterocycles. The second-order valence-electron chi connectivity index (χ2n) is 29.4. The molecular formula is C76H143O24P. The lowest BCUT2D eigenvalue weighted by molar-refractivity contribution is -0.360. The number of carbonyl (C=O) groups excluding carboxylic acids is 3. The second-order valence-corrected chi connectivity index (χ2v) is 30.8. The van der Waals surface area contributed by atoms with Crippen LogP contribution in [0.3, 0.4) is 0 Å². The van der Waals surface area contributed by atoms with Crippen molar-refractivity contribution in [1.29, 1.82) is 0 Å². The van der Waals surface area contributed by atoms with Crippen molar-refractivity contribution in [1.82, 2.24) is 0 Å². The van der Waals surface area contributed by atoms with E-state index in [1.54, 1.807) is 0 Å². The van der Waals surface area contributed by atoms with E-state index >= 15 is 0 Å². The van der Waals surface area contributed by atoms with Crippen LogP contribution in [0.4, 0.5) is 0 Å². The quantitative estimate of drug-likeness (QED) is 0.0117. The molecule has 24 nitrogen and oxygen atoms in total. The highest BCUT2D eigenvalue weighted by atomic mass is 31.2. The molecule has 3 rings (SSSR count). The number of unbranched alkanes of at least 4 members (excludes halogenated alkanes) is 38. The number of hydrogen-bond donors (Lipinski definition) is 11. The number of carbonyl (C=O) groups is 3. The third-order valence-corrected chi connectivity index (χ3v) is 21.3. The number of aliphatic hydroxyl groups excluding tert-OH is 10.